The van der Waals surface area contributed by atoms with E-state index in [1.54, 1.807) is 0 Å². The third kappa shape index (κ3) is 2.43. The van der Waals surface area contributed by atoms with E-state index in [-0.39, 0.29) is 27.3 Å². The van der Waals surface area contributed by atoms with Crippen LogP contribution in [-0.2, 0) is 9.78 Å². The first-order chi connectivity index (χ1) is 15.2. The molecule has 2 spiro atoms. The molecule has 1 saturated heterocycles. The van der Waals surface area contributed by atoms with Crippen molar-refractivity contribution < 1.29 is 20.0 Å². The molecule has 2 N–H and O–H groups in total. The van der Waals surface area contributed by atoms with E-state index in [1.165, 1.54) is 19.3 Å². The van der Waals surface area contributed by atoms with Gasteiger partial charge in [-0.05, 0) is 85.5 Å². The van der Waals surface area contributed by atoms with Crippen LogP contribution in [-0.4, -0.2) is 33.6 Å². The second-order valence-corrected chi connectivity index (χ2v) is 15.2. The lowest BCUT2D eigenvalue weighted by molar-refractivity contribution is -0.512. The van der Waals surface area contributed by atoms with Gasteiger partial charge in [0, 0.05) is 16.7 Å². The Morgan fingerprint density at radius 3 is 1.97 bits per heavy atom. The molecule has 0 aromatic rings. The molecule has 33 heavy (non-hydrogen) atoms. The second-order valence-electron chi connectivity index (χ2n) is 15.2. The van der Waals surface area contributed by atoms with E-state index < -0.39 is 17.8 Å². The molecule has 4 nitrogen and oxygen atoms in total. The third-order valence-electron chi connectivity index (χ3n) is 12.9. The zero-order valence-corrected chi connectivity index (χ0v) is 21.9. The van der Waals surface area contributed by atoms with Gasteiger partial charge in [-0.15, -0.1) is 0 Å². The lowest BCUT2D eigenvalue weighted by Gasteiger charge is -2.76. The van der Waals surface area contributed by atoms with E-state index in [1.807, 2.05) is 0 Å². The molecule has 10 atom stereocenters. The number of aliphatic hydroxyl groups excluding tert-OH is 2. The number of fused-ring (bicyclic) bond motifs is 4. The minimum Gasteiger partial charge on any atom is -0.390 e. The molecule has 7 rings (SSSR count). The van der Waals surface area contributed by atoms with Crippen molar-refractivity contribution in [2.45, 2.75) is 123 Å². The maximum Gasteiger partial charge on any atom is 0.133 e. The zero-order valence-electron chi connectivity index (χ0n) is 21.9. The van der Waals surface area contributed by atoms with E-state index in [2.05, 4.69) is 60.6 Å². The monoisotopic (exact) mass is 458 g/mol. The van der Waals surface area contributed by atoms with Crippen molar-refractivity contribution in [3.05, 3.63) is 12.2 Å². The SMILES string of the molecule is CC1(C)CCC23C=CC4(OO2)C(C)(CCC2C5(C)CC(O)C(O)C(C)(C)C5CCC24C)C3C1. The third-order valence-corrected chi connectivity index (χ3v) is 12.9. The Balaban J connectivity index is 1.47. The first-order valence-corrected chi connectivity index (χ1v) is 13.6. The zero-order chi connectivity index (χ0) is 23.9. The van der Waals surface area contributed by atoms with Crippen molar-refractivity contribution in [1.82, 2.24) is 0 Å². The molecule has 2 heterocycles. The summed E-state index contributed by atoms with van der Waals surface area (Å²) in [4.78, 5) is 13.2. The van der Waals surface area contributed by atoms with Gasteiger partial charge in [0.1, 0.15) is 11.2 Å². The summed E-state index contributed by atoms with van der Waals surface area (Å²) in [5.74, 6) is 1.30. The molecule has 10 unspecified atom stereocenters. The van der Waals surface area contributed by atoms with E-state index in [0.29, 0.717) is 29.6 Å². The van der Waals surface area contributed by atoms with E-state index >= 15 is 0 Å². The van der Waals surface area contributed by atoms with Gasteiger partial charge >= 0.3 is 0 Å². The Hall–Kier alpha value is -0.420. The van der Waals surface area contributed by atoms with Crippen LogP contribution < -0.4 is 0 Å². The standard InChI is InChI=1S/C29H46O4/c1-23(2)12-13-28-14-15-29(33-32-28)26(6)10-8-19-24(3,4)22(31)18(30)16-25(19,5)20(26)9-11-27(29,7)21(28)17-23/h14-15,18-22,30-31H,8-13,16-17H2,1-7H3. The first-order valence-electron chi connectivity index (χ1n) is 13.6. The molecule has 0 aromatic heterocycles. The Morgan fingerprint density at radius 1 is 0.697 bits per heavy atom. The molecule has 7 aliphatic rings. The lowest BCUT2D eigenvalue weighted by atomic mass is 9.32. The highest BCUT2D eigenvalue weighted by Crippen LogP contribution is 2.78. The molecule has 0 aromatic carbocycles. The van der Waals surface area contributed by atoms with Crippen molar-refractivity contribution in [1.29, 1.82) is 0 Å². The number of rotatable bonds is 0. The van der Waals surface area contributed by atoms with Crippen LogP contribution in [0.1, 0.15) is 99.8 Å². The van der Waals surface area contributed by atoms with Gasteiger partial charge in [0.15, 0.2) is 0 Å². The van der Waals surface area contributed by atoms with Gasteiger partial charge in [0.05, 0.1) is 12.2 Å². The summed E-state index contributed by atoms with van der Waals surface area (Å²) in [6.07, 6.45) is 12.1. The molecule has 5 fully saturated rings. The van der Waals surface area contributed by atoms with Crippen molar-refractivity contribution in [2.24, 2.45) is 44.8 Å². The molecular formula is C29H46O4. The predicted molar refractivity (Wildman–Crippen MR) is 128 cm³/mol. The molecule has 186 valence electrons. The summed E-state index contributed by atoms with van der Waals surface area (Å²) in [7, 11) is 0. The fraction of sp³-hybridized carbons (Fsp3) is 0.931. The van der Waals surface area contributed by atoms with Crippen LogP contribution in [0, 0.1) is 44.8 Å². The number of aliphatic hydroxyl groups is 2. The fourth-order valence-electron chi connectivity index (χ4n) is 11.1. The van der Waals surface area contributed by atoms with Crippen LogP contribution in [0.4, 0.5) is 0 Å². The fourth-order valence-corrected chi connectivity index (χ4v) is 11.1. The largest absolute Gasteiger partial charge is 0.390 e. The lowest BCUT2D eigenvalue weighted by Crippen LogP contribution is -2.78. The predicted octanol–water partition coefficient (Wildman–Crippen LogP) is 5.81. The highest BCUT2D eigenvalue weighted by molar-refractivity contribution is 5.35. The van der Waals surface area contributed by atoms with Gasteiger partial charge in [-0.25, -0.2) is 9.78 Å². The molecular weight excluding hydrogens is 412 g/mol. The molecule has 0 radical (unpaired) electrons. The minimum atomic E-state index is -0.661. The van der Waals surface area contributed by atoms with Crippen LogP contribution in [0.3, 0.4) is 0 Å². The molecule has 2 aliphatic heterocycles. The van der Waals surface area contributed by atoms with E-state index in [9.17, 15) is 10.2 Å². The van der Waals surface area contributed by atoms with Crippen molar-refractivity contribution >= 4 is 0 Å². The van der Waals surface area contributed by atoms with Gasteiger partial charge in [0.25, 0.3) is 0 Å². The Bertz CT molecular complexity index is 894. The number of hydrogen-bond donors (Lipinski definition) is 2. The van der Waals surface area contributed by atoms with Crippen molar-refractivity contribution in [3.8, 4) is 0 Å². The highest BCUT2D eigenvalue weighted by atomic mass is 17.2. The molecule has 4 saturated carbocycles. The smallest absolute Gasteiger partial charge is 0.133 e. The summed E-state index contributed by atoms with van der Waals surface area (Å²) in [6.45, 7) is 16.6. The average molecular weight is 459 g/mol. The quantitative estimate of drug-likeness (QED) is 0.355. The van der Waals surface area contributed by atoms with Gasteiger partial charge in [0.2, 0.25) is 0 Å². The first kappa shape index (κ1) is 23.0. The van der Waals surface area contributed by atoms with Crippen LogP contribution >= 0.6 is 0 Å². The minimum absolute atomic E-state index is 0.0275. The molecule has 0 amide bonds. The highest BCUT2D eigenvalue weighted by Gasteiger charge is 2.78. The van der Waals surface area contributed by atoms with Crippen LogP contribution in [0.15, 0.2) is 12.2 Å². The van der Waals surface area contributed by atoms with Crippen molar-refractivity contribution in [3.63, 3.8) is 0 Å². The maximum absolute atomic E-state index is 11.0. The Labute approximate surface area is 200 Å². The molecule has 5 aliphatic carbocycles. The second kappa shape index (κ2) is 6.28. The molecule has 2 bridgehead atoms. The summed E-state index contributed by atoms with van der Waals surface area (Å²) in [5.41, 5.74) is -0.682. The number of hydrogen-bond acceptors (Lipinski definition) is 4. The summed E-state index contributed by atoms with van der Waals surface area (Å²) < 4.78 is 0. The van der Waals surface area contributed by atoms with E-state index in [4.69, 9.17) is 9.78 Å². The van der Waals surface area contributed by atoms with Gasteiger partial charge in [-0.2, -0.15) is 0 Å². The van der Waals surface area contributed by atoms with Crippen molar-refractivity contribution in [2.75, 3.05) is 0 Å². The van der Waals surface area contributed by atoms with Crippen LogP contribution in [0.2, 0.25) is 0 Å². The average Bonchev–Trinajstić information content (AvgIpc) is 2.72. The normalized spacial score (nSPS) is 60.3. The molecule has 4 heteroatoms. The maximum atomic E-state index is 11.0. The van der Waals surface area contributed by atoms with Crippen LogP contribution in [0.25, 0.3) is 0 Å². The van der Waals surface area contributed by atoms with Crippen LogP contribution in [0.5, 0.6) is 0 Å². The summed E-state index contributed by atoms with van der Waals surface area (Å²) in [5, 5.41) is 21.9. The topological polar surface area (TPSA) is 58.9 Å². The van der Waals surface area contributed by atoms with Gasteiger partial charge in [-0.3, -0.25) is 0 Å². The summed E-state index contributed by atoms with van der Waals surface area (Å²) in [6, 6.07) is 0. The Morgan fingerprint density at radius 2 is 1.33 bits per heavy atom. The summed E-state index contributed by atoms with van der Waals surface area (Å²) >= 11 is 0. The Kier molecular flexibility index (Phi) is 4.38. The van der Waals surface area contributed by atoms with Gasteiger partial charge < -0.3 is 10.2 Å². The van der Waals surface area contributed by atoms with E-state index in [0.717, 1.165) is 25.7 Å². The van der Waals surface area contributed by atoms with Gasteiger partial charge in [-0.1, -0.05) is 54.5 Å².